The number of esters is 1. The van der Waals surface area contributed by atoms with Crippen LogP contribution in [0.1, 0.15) is 25.8 Å². The van der Waals surface area contributed by atoms with E-state index in [2.05, 4.69) is 36.9 Å². The van der Waals surface area contributed by atoms with Gasteiger partial charge in [-0.05, 0) is 63.2 Å². The minimum atomic E-state index is -1.83. The van der Waals surface area contributed by atoms with Crippen molar-refractivity contribution in [3.05, 3.63) is 48.2 Å². The Morgan fingerprint density at radius 1 is 1.27 bits per heavy atom. The second kappa shape index (κ2) is 9.92. The summed E-state index contributed by atoms with van der Waals surface area (Å²) < 4.78 is 11.5. The maximum Gasteiger partial charge on any atom is 0.355 e. The Labute approximate surface area is 196 Å². The first kappa shape index (κ1) is 24.7. The number of carbonyl (C=O) groups excluding carboxylic acids is 3. The number of hydrogen-bond acceptors (Lipinski definition) is 5. The third-order valence-electron chi connectivity index (χ3n) is 5.61. The highest BCUT2D eigenvalue weighted by Gasteiger charge is 2.57. The molecule has 3 rings (SSSR count). The molecule has 9 heteroatoms. The van der Waals surface area contributed by atoms with Crippen molar-refractivity contribution in [1.29, 1.82) is 0 Å². The molecule has 0 aromatic heterocycles. The zero-order valence-corrected chi connectivity index (χ0v) is 20.9. The molecule has 1 fully saturated rings. The van der Waals surface area contributed by atoms with Crippen LogP contribution >= 0.6 is 0 Å². The fourth-order valence-electron chi connectivity index (χ4n) is 4.43. The van der Waals surface area contributed by atoms with Gasteiger partial charge < -0.3 is 24.7 Å². The predicted octanol–water partition coefficient (Wildman–Crippen LogP) is 3.74. The second-order valence-electron chi connectivity index (χ2n) is 9.22. The number of rotatable bonds is 9. The molecule has 0 unspecified atom stereocenters. The first-order valence-electron chi connectivity index (χ1n) is 11.2. The molecule has 2 heterocycles. The lowest BCUT2D eigenvalue weighted by molar-refractivity contribution is -0.161. The molecule has 33 heavy (non-hydrogen) atoms. The topological polar surface area (TPSA) is 97.0 Å². The Hall–Kier alpha value is -2.91. The third kappa shape index (κ3) is 5.36. The van der Waals surface area contributed by atoms with E-state index in [-0.39, 0.29) is 42.3 Å². The van der Waals surface area contributed by atoms with Crippen molar-refractivity contribution < 1.29 is 23.5 Å². The van der Waals surface area contributed by atoms with Gasteiger partial charge in [-0.25, -0.2) is 9.59 Å². The van der Waals surface area contributed by atoms with Crippen molar-refractivity contribution in [2.45, 2.75) is 52.1 Å². The Balaban J connectivity index is 1.87. The zero-order chi connectivity index (χ0) is 24.3. The number of fused-ring (bicyclic) bond motifs is 1. The second-order valence-corrected chi connectivity index (χ2v) is 13.7. The number of ether oxygens (including phenoxy) is 1. The molecular formula is C24H33N3O5Si. The molecule has 1 aromatic rings. The Kier molecular flexibility index (Phi) is 7.43. The number of anilines is 1. The molecule has 0 aliphatic carbocycles. The highest BCUT2D eigenvalue weighted by Crippen LogP contribution is 2.48. The summed E-state index contributed by atoms with van der Waals surface area (Å²) in [5.74, 6) is -0.946. The van der Waals surface area contributed by atoms with Gasteiger partial charge >= 0.3 is 12.0 Å². The van der Waals surface area contributed by atoms with Crippen molar-refractivity contribution in [1.82, 2.24) is 10.2 Å². The maximum atomic E-state index is 13.1. The molecule has 0 spiro atoms. The van der Waals surface area contributed by atoms with Crippen molar-refractivity contribution in [3.8, 4) is 0 Å². The largest absolute Gasteiger partial charge is 0.457 e. The van der Waals surface area contributed by atoms with Crippen LogP contribution < -0.4 is 10.6 Å². The normalized spacial score (nSPS) is 20.6. The summed E-state index contributed by atoms with van der Waals surface area (Å²) >= 11 is 0. The molecule has 8 nitrogen and oxygen atoms in total. The Morgan fingerprint density at radius 2 is 1.94 bits per heavy atom. The van der Waals surface area contributed by atoms with Gasteiger partial charge in [0.2, 0.25) is 5.91 Å². The average molecular weight is 472 g/mol. The lowest BCUT2D eigenvalue weighted by atomic mass is 9.82. The molecule has 0 saturated carbocycles. The van der Waals surface area contributed by atoms with E-state index < -0.39 is 14.3 Å². The first-order chi connectivity index (χ1) is 15.6. The third-order valence-corrected chi connectivity index (χ3v) is 6.69. The van der Waals surface area contributed by atoms with Crippen LogP contribution in [-0.4, -0.2) is 56.4 Å². The number of carbonyl (C=O) groups is 3. The van der Waals surface area contributed by atoms with E-state index >= 15 is 0 Å². The van der Waals surface area contributed by atoms with E-state index in [0.29, 0.717) is 18.7 Å². The molecular weight excluding hydrogens is 438 g/mol. The van der Waals surface area contributed by atoms with E-state index in [4.69, 9.17) is 9.16 Å². The van der Waals surface area contributed by atoms with Crippen LogP contribution in [-0.2, 0) is 18.8 Å². The molecule has 2 aliphatic heterocycles. The van der Waals surface area contributed by atoms with Crippen molar-refractivity contribution in [2.24, 2.45) is 5.92 Å². The molecule has 3 atom stereocenters. The summed E-state index contributed by atoms with van der Waals surface area (Å²) in [6, 6.07) is 6.80. The Morgan fingerprint density at radius 3 is 2.52 bits per heavy atom. The zero-order valence-electron chi connectivity index (χ0n) is 19.9. The number of nitrogens with one attached hydrogen (secondary N) is 2. The van der Waals surface area contributed by atoms with Gasteiger partial charge in [-0.2, -0.15) is 0 Å². The van der Waals surface area contributed by atoms with Gasteiger partial charge in [-0.3, -0.25) is 4.79 Å². The summed E-state index contributed by atoms with van der Waals surface area (Å²) in [6.45, 7) is 14.2. The lowest BCUT2D eigenvalue weighted by Gasteiger charge is -2.47. The van der Waals surface area contributed by atoms with Crippen LogP contribution in [0.5, 0.6) is 0 Å². The standard InChI is InChI=1S/C24H33N3O5Si/c1-7-13-31-23(29)21-18(16-9-11-17(12-10-16)26-24(30)25-8-2)14-19-20(22(28)27(19)21)15(3)32-33(4,5)6/h7,9-12,15,19-20H,1,8,13-14H2,2-6H3,(H2,25,26,30)/t15-,19-,20-/m1/s1. The van der Waals surface area contributed by atoms with Gasteiger partial charge in [0.05, 0.1) is 18.1 Å². The van der Waals surface area contributed by atoms with Crippen LogP contribution in [0, 0.1) is 5.92 Å². The summed E-state index contributed by atoms with van der Waals surface area (Å²) in [6.07, 6.45) is 1.81. The number of β-lactam (4-membered cyclic amide) rings is 1. The minimum absolute atomic E-state index is 0.0657. The number of amides is 3. The van der Waals surface area contributed by atoms with Crippen molar-refractivity contribution >= 4 is 37.5 Å². The highest BCUT2D eigenvalue weighted by molar-refractivity contribution is 6.69. The van der Waals surface area contributed by atoms with Gasteiger partial charge in [-0.1, -0.05) is 24.8 Å². The van der Waals surface area contributed by atoms with Gasteiger partial charge in [0, 0.05) is 12.2 Å². The lowest BCUT2D eigenvalue weighted by Crippen LogP contribution is -2.63. The van der Waals surface area contributed by atoms with Crippen LogP contribution in [0.3, 0.4) is 0 Å². The van der Waals surface area contributed by atoms with Crippen molar-refractivity contribution in [3.63, 3.8) is 0 Å². The van der Waals surface area contributed by atoms with E-state index in [1.807, 2.05) is 26.0 Å². The Bertz CT molecular complexity index is 967. The van der Waals surface area contributed by atoms with E-state index in [1.165, 1.54) is 6.08 Å². The van der Waals surface area contributed by atoms with Crippen LogP contribution in [0.2, 0.25) is 19.6 Å². The molecule has 178 valence electrons. The maximum absolute atomic E-state index is 13.1. The van der Waals surface area contributed by atoms with Crippen molar-refractivity contribution in [2.75, 3.05) is 18.5 Å². The SMILES string of the molecule is C=CCOC(=O)C1=C(c2ccc(NC(=O)NCC)cc2)C[C@@H]2[C@@H]([C@@H](C)O[Si](C)(C)C)C(=O)N12. The smallest absolute Gasteiger partial charge is 0.355 e. The summed E-state index contributed by atoms with van der Waals surface area (Å²) in [7, 11) is -1.83. The molecule has 2 N–H and O–H groups in total. The first-order valence-corrected chi connectivity index (χ1v) is 14.7. The van der Waals surface area contributed by atoms with E-state index in [1.54, 1.807) is 17.0 Å². The molecule has 1 aromatic carbocycles. The van der Waals surface area contributed by atoms with E-state index in [9.17, 15) is 14.4 Å². The summed E-state index contributed by atoms with van der Waals surface area (Å²) in [5.41, 5.74) is 2.48. The van der Waals surface area contributed by atoms with E-state index in [0.717, 1.165) is 11.1 Å². The summed E-state index contributed by atoms with van der Waals surface area (Å²) in [5, 5.41) is 5.44. The molecule has 2 aliphatic rings. The number of benzene rings is 1. The minimum Gasteiger partial charge on any atom is -0.457 e. The van der Waals surface area contributed by atoms with Gasteiger partial charge in [0.1, 0.15) is 12.3 Å². The van der Waals surface area contributed by atoms with Gasteiger partial charge in [0.15, 0.2) is 8.32 Å². The highest BCUT2D eigenvalue weighted by atomic mass is 28.4. The van der Waals surface area contributed by atoms with Gasteiger partial charge in [0.25, 0.3) is 0 Å². The molecule has 1 saturated heterocycles. The number of nitrogens with zero attached hydrogens (tertiary/aromatic N) is 1. The predicted molar refractivity (Wildman–Crippen MR) is 130 cm³/mol. The van der Waals surface area contributed by atoms with Crippen LogP contribution in [0.15, 0.2) is 42.6 Å². The monoisotopic (exact) mass is 471 g/mol. The van der Waals surface area contributed by atoms with Crippen LogP contribution in [0.4, 0.5) is 10.5 Å². The molecule has 0 radical (unpaired) electrons. The fraction of sp³-hybridized carbons (Fsp3) is 0.458. The number of hydrogen-bond donors (Lipinski definition) is 2. The quantitative estimate of drug-likeness (QED) is 0.248. The molecule has 0 bridgehead atoms. The average Bonchev–Trinajstić information content (AvgIpc) is 3.06. The summed E-state index contributed by atoms with van der Waals surface area (Å²) in [4.78, 5) is 39.4. The number of urea groups is 1. The van der Waals surface area contributed by atoms with Gasteiger partial charge in [-0.15, -0.1) is 0 Å². The fourth-order valence-corrected chi connectivity index (χ4v) is 5.69. The van der Waals surface area contributed by atoms with Crippen LogP contribution in [0.25, 0.3) is 5.57 Å². The molecule has 3 amide bonds.